The lowest BCUT2D eigenvalue weighted by atomic mass is 10.0. The summed E-state index contributed by atoms with van der Waals surface area (Å²) in [6, 6.07) is 5.73. The quantitative estimate of drug-likeness (QED) is 0.890. The second-order valence-corrected chi connectivity index (χ2v) is 5.56. The summed E-state index contributed by atoms with van der Waals surface area (Å²) in [6.07, 6.45) is 1.45. The van der Waals surface area contributed by atoms with Crippen molar-refractivity contribution in [1.82, 2.24) is 9.97 Å². The van der Waals surface area contributed by atoms with Crippen LogP contribution in [0.15, 0.2) is 29.0 Å². The summed E-state index contributed by atoms with van der Waals surface area (Å²) in [6.45, 7) is 4.11. The maximum atomic E-state index is 5.94. The van der Waals surface area contributed by atoms with E-state index in [1.165, 1.54) is 6.33 Å². The summed E-state index contributed by atoms with van der Waals surface area (Å²) in [7, 11) is 1.63. The summed E-state index contributed by atoms with van der Waals surface area (Å²) in [5.74, 6) is 2.15. The Balaban J connectivity index is 2.45. The molecule has 0 fully saturated rings. The van der Waals surface area contributed by atoms with Gasteiger partial charge in [-0.05, 0) is 24.1 Å². The number of hydrogen-bond acceptors (Lipinski definition) is 5. The molecule has 1 heterocycles. The molecule has 0 bridgehead atoms. The first kappa shape index (κ1) is 14.6. The van der Waals surface area contributed by atoms with Gasteiger partial charge in [-0.3, -0.25) is 0 Å². The SMILES string of the molecule is COc1ccc(Br)cc1Nc1ncnc(N)c1C(C)C. The standard InChI is InChI=1S/C14H17BrN4O/c1-8(2)12-13(16)17-7-18-14(12)19-10-6-9(15)4-5-11(10)20-3/h4-8H,1-3H3,(H3,16,17,18,19). The minimum absolute atomic E-state index is 0.219. The maximum absolute atomic E-state index is 5.94. The number of anilines is 3. The van der Waals surface area contributed by atoms with Crippen molar-refractivity contribution in [2.75, 3.05) is 18.2 Å². The van der Waals surface area contributed by atoms with Crippen molar-refractivity contribution in [2.24, 2.45) is 0 Å². The third kappa shape index (κ3) is 3.01. The van der Waals surface area contributed by atoms with Crippen molar-refractivity contribution < 1.29 is 4.74 Å². The highest BCUT2D eigenvalue weighted by molar-refractivity contribution is 9.10. The van der Waals surface area contributed by atoms with Crippen LogP contribution in [0, 0.1) is 0 Å². The van der Waals surface area contributed by atoms with Crippen molar-refractivity contribution in [1.29, 1.82) is 0 Å². The molecule has 0 aliphatic carbocycles. The van der Waals surface area contributed by atoms with Crippen LogP contribution in [0.4, 0.5) is 17.3 Å². The van der Waals surface area contributed by atoms with Crippen LogP contribution in [0.3, 0.4) is 0 Å². The van der Waals surface area contributed by atoms with E-state index in [-0.39, 0.29) is 5.92 Å². The number of benzene rings is 1. The van der Waals surface area contributed by atoms with Crippen molar-refractivity contribution in [3.63, 3.8) is 0 Å². The lowest BCUT2D eigenvalue weighted by Crippen LogP contribution is -2.07. The highest BCUT2D eigenvalue weighted by Gasteiger charge is 2.14. The van der Waals surface area contributed by atoms with Crippen LogP contribution >= 0.6 is 15.9 Å². The Bertz CT molecular complexity index is 616. The smallest absolute Gasteiger partial charge is 0.142 e. The second kappa shape index (κ2) is 6.09. The number of rotatable bonds is 4. The van der Waals surface area contributed by atoms with E-state index in [2.05, 4.69) is 45.1 Å². The first-order valence-corrected chi connectivity index (χ1v) is 7.03. The van der Waals surface area contributed by atoms with E-state index in [0.717, 1.165) is 21.5 Å². The highest BCUT2D eigenvalue weighted by Crippen LogP contribution is 2.33. The molecule has 3 N–H and O–H groups in total. The summed E-state index contributed by atoms with van der Waals surface area (Å²) < 4.78 is 6.30. The number of ether oxygens (including phenoxy) is 1. The molecule has 0 unspecified atom stereocenters. The number of hydrogen-bond donors (Lipinski definition) is 2. The van der Waals surface area contributed by atoms with E-state index in [1.807, 2.05) is 18.2 Å². The fourth-order valence-electron chi connectivity index (χ4n) is 1.98. The van der Waals surface area contributed by atoms with Crippen LogP contribution in [0.5, 0.6) is 5.75 Å². The molecule has 106 valence electrons. The van der Waals surface area contributed by atoms with Gasteiger partial charge in [-0.1, -0.05) is 29.8 Å². The van der Waals surface area contributed by atoms with Gasteiger partial charge in [0.15, 0.2) is 0 Å². The molecule has 5 nitrogen and oxygen atoms in total. The topological polar surface area (TPSA) is 73.1 Å². The Morgan fingerprint density at radius 3 is 2.70 bits per heavy atom. The largest absolute Gasteiger partial charge is 0.495 e. The zero-order valence-corrected chi connectivity index (χ0v) is 13.2. The fraction of sp³-hybridized carbons (Fsp3) is 0.286. The Hall–Kier alpha value is -1.82. The van der Waals surface area contributed by atoms with E-state index in [4.69, 9.17) is 10.5 Å². The number of methoxy groups -OCH3 is 1. The number of halogens is 1. The molecule has 0 amide bonds. The normalized spacial score (nSPS) is 10.7. The molecule has 0 saturated heterocycles. The molecule has 0 aliphatic rings. The average molecular weight is 337 g/mol. The number of nitrogen functional groups attached to an aromatic ring is 1. The molecule has 0 aliphatic heterocycles. The summed E-state index contributed by atoms with van der Waals surface area (Å²) in [5, 5.41) is 3.27. The third-order valence-electron chi connectivity index (χ3n) is 2.91. The number of nitrogens with two attached hydrogens (primary N) is 1. The molecule has 2 aromatic rings. The second-order valence-electron chi connectivity index (χ2n) is 4.65. The summed E-state index contributed by atoms with van der Waals surface area (Å²) >= 11 is 3.45. The molecule has 0 spiro atoms. The van der Waals surface area contributed by atoms with Gasteiger partial charge in [0.2, 0.25) is 0 Å². The van der Waals surface area contributed by atoms with Crippen molar-refractivity contribution in [2.45, 2.75) is 19.8 Å². The van der Waals surface area contributed by atoms with Crippen molar-refractivity contribution in [3.05, 3.63) is 34.6 Å². The Morgan fingerprint density at radius 2 is 2.05 bits per heavy atom. The molecule has 1 aromatic heterocycles. The maximum Gasteiger partial charge on any atom is 0.142 e. The molecule has 6 heteroatoms. The van der Waals surface area contributed by atoms with Gasteiger partial charge in [-0.15, -0.1) is 0 Å². The predicted molar refractivity (Wildman–Crippen MR) is 84.5 cm³/mol. The zero-order valence-electron chi connectivity index (χ0n) is 11.6. The molecule has 0 saturated carbocycles. The first-order chi connectivity index (χ1) is 9.52. The Morgan fingerprint density at radius 1 is 1.30 bits per heavy atom. The van der Waals surface area contributed by atoms with Gasteiger partial charge >= 0.3 is 0 Å². The number of nitrogens with zero attached hydrogens (tertiary/aromatic N) is 2. The predicted octanol–water partition coefficient (Wildman–Crippen LogP) is 3.70. The highest BCUT2D eigenvalue weighted by atomic mass is 79.9. The van der Waals surface area contributed by atoms with Gasteiger partial charge in [0, 0.05) is 10.0 Å². The monoisotopic (exact) mass is 336 g/mol. The third-order valence-corrected chi connectivity index (χ3v) is 3.40. The summed E-state index contributed by atoms with van der Waals surface area (Å²) in [4.78, 5) is 8.34. The van der Waals surface area contributed by atoms with E-state index in [0.29, 0.717) is 11.6 Å². The average Bonchev–Trinajstić information content (AvgIpc) is 2.38. The minimum Gasteiger partial charge on any atom is -0.495 e. The lowest BCUT2D eigenvalue weighted by Gasteiger charge is -2.16. The van der Waals surface area contributed by atoms with Crippen LogP contribution in [0.1, 0.15) is 25.3 Å². The molecule has 2 rings (SSSR count). The van der Waals surface area contributed by atoms with E-state index in [9.17, 15) is 0 Å². The van der Waals surface area contributed by atoms with Crippen molar-refractivity contribution >= 4 is 33.3 Å². The van der Waals surface area contributed by atoms with Crippen LogP contribution < -0.4 is 15.8 Å². The van der Waals surface area contributed by atoms with Crippen LogP contribution in [0.25, 0.3) is 0 Å². The molecular weight excluding hydrogens is 320 g/mol. The van der Waals surface area contributed by atoms with E-state index in [1.54, 1.807) is 7.11 Å². The molecule has 20 heavy (non-hydrogen) atoms. The van der Waals surface area contributed by atoms with Crippen molar-refractivity contribution in [3.8, 4) is 5.75 Å². The first-order valence-electron chi connectivity index (χ1n) is 6.24. The van der Waals surface area contributed by atoms with Crippen LogP contribution in [-0.2, 0) is 0 Å². The van der Waals surface area contributed by atoms with E-state index >= 15 is 0 Å². The molecular formula is C14H17BrN4O. The molecule has 1 aromatic carbocycles. The van der Waals surface area contributed by atoms with Crippen LogP contribution in [-0.4, -0.2) is 17.1 Å². The molecule has 0 radical (unpaired) electrons. The van der Waals surface area contributed by atoms with Gasteiger partial charge in [0.25, 0.3) is 0 Å². The fourth-order valence-corrected chi connectivity index (χ4v) is 2.34. The van der Waals surface area contributed by atoms with Gasteiger partial charge in [0.05, 0.1) is 12.8 Å². The Labute approximate surface area is 126 Å². The molecule has 0 atom stereocenters. The Kier molecular flexibility index (Phi) is 4.44. The lowest BCUT2D eigenvalue weighted by molar-refractivity contribution is 0.416. The van der Waals surface area contributed by atoms with E-state index < -0.39 is 0 Å². The van der Waals surface area contributed by atoms with Gasteiger partial charge in [-0.25, -0.2) is 9.97 Å². The van der Waals surface area contributed by atoms with Gasteiger partial charge < -0.3 is 15.8 Å². The minimum atomic E-state index is 0.219. The number of aromatic nitrogens is 2. The zero-order chi connectivity index (χ0) is 14.7. The summed E-state index contributed by atoms with van der Waals surface area (Å²) in [5.41, 5.74) is 7.66. The van der Waals surface area contributed by atoms with Gasteiger partial charge in [0.1, 0.15) is 23.7 Å². The van der Waals surface area contributed by atoms with Gasteiger partial charge in [-0.2, -0.15) is 0 Å². The number of nitrogens with one attached hydrogen (secondary N) is 1. The van der Waals surface area contributed by atoms with Crippen LogP contribution in [0.2, 0.25) is 0 Å².